The first-order chi connectivity index (χ1) is 13.0. The average molecular weight is 382 g/mol. The van der Waals surface area contributed by atoms with Crippen LogP contribution < -0.4 is 9.64 Å². The van der Waals surface area contributed by atoms with Crippen LogP contribution in [0.4, 0.5) is 5.69 Å². The maximum atomic E-state index is 12.5. The summed E-state index contributed by atoms with van der Waals surface area (Å²) in [5.41, 5.74) is 3.24. The number of hydrogen-bond donors (Lipinski definition) is 1. The van der Waals surface area contributed by atoms with E-state index in [-0.39, 0.29) is 11.5 Å². The largest absolute Gasteiger partial charge is 0.504 e. The smallest absolute Gasteiger partial charge is 0.168 e. The number of aliphatic imine (C=N–C) groups is 1. The molecule has 1 aliphatic heterocycles. The Hall–Kier alpha value is -2.73. The average Bonchev–Trinajstić information content (AvgIpc) is 2.67. The van der Waals surface area contributed by atoms with Gasteiger partial charge in [-0.25, -0.2) is 4.99 Å². The number of ether oxygens (including phenoxy) is 1. The van der Waals surface area contributed by atoms with Crippen LogP contribution in [0.5, 0.6) is 11.5 Å². The standard InChI is InChI=1S/C21H22N2O3S/c1-13-19(14(2)24)20(15-10-11-17(25)18(12-15)26-3)22-21(27-4)23(13)16-8-6-5-7-9-16/h5-12,20,25H,1-4H3/t20-/m1/s1. The summed E-state index contributed by atoms with van der Waals surface area (Å²) in [5.74, 6) is 0.385. The monoisotopic (exact) mass is 382 g/mol. The highest BCUT2D eigenvalue weighted by atomic mass is 32.2. The number of phenolic OH excluding ortho intramolecular Hbond substituents is 1. The van der Waals surface area contributed by atoms with Gasteiger partial charge in [-0.05, 0) is 49.9 Å². The van der Waals surface area contributed by atoms with Gasteiger partial charge in [0.1, 0.15) is 6.04 Å². The fourth-order valence-electron chi connectivity index (χ4n) is 3.27. The van der Waals surface area contributed by atoms with Crippen LogP contribution >= 0.6 is 11.8 Å². The summed E-state index contributed by atoms with van der Waals surface area (Å²) in [4.78, 5) is 19.4. The predicted molar refractivity (Wildman–Crippen MR) is 111 cm³/mol. The summed E-state index contributed by atoms with van der Waals surface area (Å²) < 4.78 is 5.23. The SMILES string of the molecule is COc1cc([C@H]2N=C(SC)N(c3ccccc3)C(C)=C2C(C)=O)ccc1O. The lowest BCUT2D eigenvalue weighted by atomic mass is 9.93. The third kappa shape index (κ3) is 3.57. The van der Waals surface area contributed by atoms with Gasteiger partial charge in [0.05, 0.1) is 7.11 Å². The van der Waals surface area contributed by atoms with E-state index >= 15 is 0 Å². The van der Waals surface area contributed by atoms with Crippen molar-refractivity contribution in [3.05, 3.63) is 65.4 Å². The van der Waals surface area contributed by atoms with E-state index in [0.29, 0.717) is 11.3 Å². The van der Waals surface area contributed by atoms with Gasteiger partial charge in [0.15, 0.2) is 22.4 Å². The highest BCUT2D eigenvalue weighted by Crippen LogP contribution is 2.40. The molecule has 0 aromatic heterocycles. The molecule has 140 valence electrons. The number of allylic oxidation sites excluding steroid dienone is 1. The molecule has 0 aliphatic carbocycles. The van der Waals surface area contributed by atoms with Gasteiger partial charge in [-0.3, -0.25) is 9.69 Å². The molecule has 1 N–H and O–H groups in total. The Morgan fingerprint density at radius 2 is 1.93 bits per heavy atom. The molecule has 1 aliphatic rings. The highest BCUT2D eigenvalue weighted by molar-refractivity contribution is 8.13. The molecule has 6 heteroatoms. The Morgan fingerprint density at radius 3 is 2.52 bits per heavy atom. The molecule has 27 heavy (non-hydrogen) atoms. The van der Waals surface area contributed by atoms with Crippen molar-refractivity contribution in [1.82, 2.24) is 0 Å². The number of benzene rings is 2. The van der Waals surface area contributed by atoms with Crippen molar-refractivity contribution in [2.45, 2.75) is 19.9 Å². The number of aromatic hydroxyl groups is 1. The maximum Gasteiger partial charge on any atom is 0.168 e. The second kappa shape index (κ2) is 7.88. The predicted octanol–water partition coefficient (Wildman–Crippen LogP) is 4.54. The van der Waals surface area contributed by atoms with Crippen LogP contribution in [0.2, 0.25) is 0 Å². The Bertz CT molecular complexity index is 922. The summed E-state index contributed by atoms with van der Waals surface area (Å²) in [6.07, 6.45) is 1.97. The first-order valence-electron chi connectivity index (χ1n) is 8.53. The van der Waals surface area contributed by atoms with E-state index in [0.717, 1.165) is 22.1 Å². The van der Waals surface area contributed by atoms with Crippen LogP contribution in [0.15, 0.2) is 64.8 Å². The molecule has 0 saturated heterocycles. The van der Waals surface area contributed by atoms with E-state index < -0.39 is 6.04 Å². The Morgan fingerprint density at radius 1 is 1.22 bits per heavy atom. The topological polar surface area (TPSA) is 62.1 Å². The molecular weight excluding hydrogens is 360 g/mol. The lowest BCUT2D eigenvalue weighted by Gasteiger charge is -2.34. The minimum atomic E-state index is -0.445. The normalized spacial score (nSPS) is 17.0. The Balaban J connectivity index is 2.17. The molecule has 5 nitrogen and oxygen atoms in total. The van der Waals surface area contributed by atoms with Crippen molar-refractivity contribution in [3.63, 3.8) is 0 Å². The van der Waals surface area contributed by atoms with E-state index in [9.17, 15) is 9.90 Å². The van der Waals surface area contributed by atoms with Crippen molar-refractivity contribution in [2.24, 2.45) is 4.99 Å². The number of nitrogens with zero attached hydrogens (tertiary/aromatic N) is 2. The minimum absolute atomic E-state index is 0.0330. The fraction of sp³-hybridized carbons (Fsp3) is 0.238. The van der Waals surface area contributed by atoms with Crippen molar-refractivity contribution in [2.75, 3.05) is 18.3 Å². The molecule has 0 bridgehead atoms. The van der Waals surface area contributed by atoms with Crippen LogP contribution in [-0.4, -0.2) is 29.4 Å². The van der Waals surface area contributed by atoms with E-state index in [2.05, 4.69) is 0 Å². The zero-order valence-corrected chi connectivity index (χ0v) is 16.6. The van der Waals surface area contributed by atoms with Gasteiger partial charge >= 0.3 is 0 Å². The third-order valence-electron chi connectivity index (χ3n) is 4.53. The molecule has 0 spiro atoms. The molecule has 0 unspecified atom stereocenters. The van der Waals surface area contributed by atoms with Gasteiger partial charge < -0.3 is 9.84 Å². The van der Waals surface area contributed by atoms with Crippen molar-refractivity contribution < 1.29 is 14.6 Å². The van der Waals surface area contributed by atoms with Crippen LogP contribution in [0.25, 0.3) is 0 Å². The molecule has 0 radical (unpaired) electrons. The van der Waals surface area contributed by atoms with E-state index in [1.54, 1.807) is 25.1 Å². The van der Waals surface area contributed by atoms with Crippen LogP contribution in [0.1, 0.15) is 25.5 Å². The van der Waals surface area contributed by atoms with Crippen LogP contribution in [0.3, 0.4) is 0 Å². The molecule has 1 heterocycles. The molecular formula is C21H22N2O3S. The number of rotatable bonds is 4. The van der Waals surface area contributed by atoms with E-state index in [1.165, 1.54) is 18.9 Å². The number of Topliss-reactive ketones (excluding diaryl/α,β-unsaturated/α-hetero) is 1. The molecule has 0 saturated carbocycles. The van der Waals surface area contributed by atoms with Gasteiger partial charge in [0.25, 0.3) is 0 Å². The highest BCUT2D eigenvalue weighted by Gasteiger charge is 2.32. The number of ketones is 1. The third-order valence-corrected chi connectivity index (χ3v) is 5.18. The lowest BCUT2D eigenvalue weighted by Crippen LogP contribution is -2.34. The number of anilines is 1. The summed E-state index contributed by atoms with van der Waals surface area (Å²) in [6.45, 7) is 3.51. The second-order valence-electron chi connectivity index (χ2n) is 6.18. The molecule has 2 aromatic carbocycles. The van der Waals surface area contributed by atoms with Crippen LogP contribution in [0, 0.1) is 0 Å². The number of carbonyl (C=O) groups excluding carboxylic acids is 1. The maximum absolute atomic E-state index is 12.5. The molecule has 2 aromatic rings. The first-order valence-corrected chi connectivity index (χ1v) is 9.76. The summed E-state index contributed by atoms with van der Waals surface area (Å²) in [5, 5.41) is 10.7. The number of carbonyl (C=O) groups is 1. The summed E-state index contributed by atoms with van der Waals surface area (Å²) >= 11 is 1.53. The quantitative estimate of drug-likeness (QED) is 0.841. The van der Waals surface area contributed by atoms with Gasteiger partial charge in [-0.15, -0.1) is 0 Å². The van der Waals surface area contributed by atoms with Crippen molar-refractivity contribution in [1.29, 1.82) is 0 Å². The number of methoxy groups -OCH3 is 1. The number of hydrogen-bond acceptors (Lipinski definition) is 6. The summed E-state index contributed by atoms with van der Waals surface area (Å²) in [6, 6.07) is 14.5. The Kier molecular flexibility index (Phi) is 5.56. The summed E-state index contributed by atoms with van der Waals surface area (Å²) in [7, 11) is 1.50. The lowest BCUT2D eigenvalue weighted by molar-refractivity contribution is -0.113. The van der Waals surface area contributed by atoms with Crippen LogP contribution in [-0.2, 0) is 4.79 Å². The molecule has 0 fully saturated rings. The van der Waals surface area contributed by atoms with E-state index in [4.69, 9.17) is 9.73 Å². The molecule has 0 amide bonds. The van der Waals surface area contributed by atoms with Gasteiger partial charge in [0, 0.05) is 17.0 Å². The second-order valence-corrected chi connectivity index (χ2v) is 6.95. The van der Waals surface area contributed by atoms with E-state index in [1.807, 2.05) is 48.4 Å². The van der Waals surface area contributed by atoms with Gasteiger partial charge in [-0.2, -0.15) is 0 Å². The van der Waals surface area contributed by atoms with Gasteiger partial charge in [-0.1, -0.05) is 36.0 Å². The van der Waals surface area contributed by atoms with Crippen molar-refractivity contribution in [3.8, 4) is 11.5 Å². The number of phenols is 1. The fourth-order valence-corrected chi connectivity index (χ4v) is 3.91. The Labute approximate surface area is 163 Å². The van der Waals surface area contributed by atoms with Crippen molar-refractivity contribution >= 4 is 28.4 Å². The van der Waals surface area contributed by atoms with Gasteiger partial charge in [0.2, 0.25) is 0 Å². The number of thioether (sulfide) groups is 1. The first kappa shape index (κ1) is 19.0. The molecule has 1 atom stereocenters. The number of amidine groups is 1. The zero-order valence-electron chi connectivity index (χ0n) is 15.8. The zero-order chi connectivity index (χ0) is 19.6. The minimum Gasteiger partial charge on any atom is -0.504 e. The molecule has 3 rings (SSSR count). The number of para-hydroxylation sites is 1.